The van der Waals surface area contributed by atoms with Crippen molar-refractivity contribution in [3.63, 3.8) is 0 Å². The lowest BCUT2D eigenvalue weighted by Gasteiger charge is -2.49. The quantitative estimate of drug-likeness (QED) is 0.220. The molecule has 1 saturated heterocycles. The second-order valence-corrected chi connectivity index (χ2v) is 8.50. The van der Waals surface area contributed by atoms with Gasteiger partial charge in [0.05, 0.1) is 6.61 Å². The number of thiazole rings is 1. The zero-order valence-corrected chi connectivity index (χ0v) is 19.1. The van der Waals surface area contributed by atoms with Gasteiger partial charge in [0.25, 0.3) is 11.8 Å². The number of hydrogen-bond donors (Lipinski definition) is 2. The third-order valence-electron chi connectivity index (χ3n) is 4.41. The molecule has 1 aromatic heterocycles. The number of anilines is 1. The molecule has 14 heteroatoms. The van der Waals surface area contributed by atoms with E-state index in [0.717, 1.165) is 11.3 Å². The molecule has 2 aliphatic rings. The average molecular weight is 484 g/mol. The van der Waals surface area contributed by atoms with Crippen LogP contribution in [-0.2, 0) is 33.5 Å². The summed E-state index contributed by atoms with van der Waals surface area (Å²) in [6, 6.07) is -0.912. The zero-order valence-electron chi connectivity index (χ0n) is 17.4. The highest BCUT2D eigenvalue weighted by Gasteiger charge is 2.54. The van der Waals surface area contributed by atoms with E-state index < -0.39 is 35.2 Å². The van der Waals surface area contributed by atoms with E-state index in [9.17, 15) is 19.2 Å². The van der Waals surface area contributed by atoms with Gasteiger partial charge in [0.1, 0.15) is 36.5 Å². The zero-order chi connectivity index (χ0) is 23.4. The van der Waals surface area contributed by atoms with Crippen LogP contribution in [0.4, 0.5) is 5.13 Å². The van der Waals surface area contributed by atoms with Crippen LogP contribution in [0.25, 0.3) is 0 Å². The number of esters is 2. The molecule has 2 amide bonds. The minimum atomic E-state index is -0.912. The van der Waals surface area contributed by atoms with Crippen LogP contribution < -0.4 is 11.1 Å². The monoisotopic (exact) mass is 483 g/mol. The van der Waals surface area contributed by atoms with Gasteiger partial charge in [-0.15, -0.1) is 23.1 Å². The molecule has 0 unspecified atom stereocenters. The van der Waals surface area contributed by atoms with E-state index in [1.807, 2.05) is 0 Å². The van der Waals surface area contributed by atoms with Crippen molar-refractivity contribution in [2.24, 2.45) is 5.16 Å². The van der Waals surface area contributed by atoms with Gasteiger partial charge in [-0.2, -0.15) is 0 Å². The Hall–Kier alpha value is -3.13. The van der Waals surface area contributed by atoms with Gasteiger partial charge < -0.3 is 25.4 Å². The predicted molar refractivity (Wildman–Crippen MR) is 115 cm³/mol. The molecule has 0 bridgehead atoms. The Kier molecular flexibility index (Phi) is 7.35. The standard InChI is InChI=1S/C18H21N5O7S2/c1-4-29-17(27)13-9(5-30-8(2)24)6-31-16-12(15(26)23(13)16)21-14(25)11(22-28-3)10-7-32-18(19)20-10/h7,12,16H,4-6H2,1-3H3,(H2,19,20)(H,21,25)/b22-11-/t12-,16-/m1/s1. The van der Waals surface area contributed by atoms with Crippen molar-refractivity contribution in [2.75, 3.05) is 31.8 Å². The van der Waals surface area contributed by atoms with Gasteiger partial charge >= 0.3 is 11.9 Å². The van der Waals surface area contributed by atoms with E-state index in [4.69, 9.17) is 20.0 Å². The summed E-state index contributed by atoms with van der Waals surface area (Å²) in [5, 5.41) is 7.56. The predicted octanol–water partition coefficient (Wildman–Crippen LogP) is -0.144. The first-order chi connectivity index (χ1) is 15.3. The number of thioether (sulfide) groups is 1. The number of ether oxygens (including phenoxy) is 2. The van der Waals surface area contributed by atoms with E-state index in [-0.39, 0.29) is 35.4 Å². The van der Waals surface area contributed by atoms with Crippen LogP contribution in [0.15, 0.2) is 21.8 Å². The second kappa shape index (κ2) is 9.99. The molecule has 172 valence electrons. The van der Waals surface area contributed by atoms with Gasteiger partial charge in [-0.3, -0.25) is 19.3 Å². The summed E-state index contributed by atoms with van der Waals surface area (Å²) < 4.78 is 10.1. The summed E-state index contributed by atoms with van der Waals surface area (Å²) in [4.78, 5) is 59.4. The lowest BCUT2D eigenvalue weighted by molar-refractivity contribution is -0.152. The molecule has 0 radical (unpaired) electrons. The maximum atomic E-state index is 12.9. The van der Waals surface area contributed by atoms with Crippen molar-refractivity contribution in [3.05, 3.63) is 22.3 Å². The summed E-state index contributed by atoms with van der Waals surface area (Å²) in [5.74, 6) is -2.08. The average Bonchev–Trinajstić information content (AvgIpc) is 3.19. The van der Waals surface area contributed by atoms with Gasteiger partial charge in [-0.1, -0.05) is 5.16 Å². The van der Waals surface area contributed by atoms with Crippen LogP contribution in [0.1, 0.15) is 19.5 Å². The molecule has 3 rings (SSSR count). The first kappa shape index (κ1) is 23.5. The second-order valence-electron chi connectivity index (χ2n) is 6.51. The molecule has 32 heavy (non-hydrogen) atoms. The number of amides is 2. The van der Waals surface area contributed by atoms with E-state index in [1.54, 1.807) is 12.3 Å². The minimum absolute atomic E-state index is 0.0328. The molecular weight excluding hydrogens is 462 g/mol. The van der Waals surface area contributed by atoms with Gasteiger partial charge in [-0.25, -0.2) is 9.78 Å². The van der Waals surface area contributed by atoms with E-state index in [2.05, 4.69) is 15.5 Å². The Balaban J connectivity index is 1.80. The fourth-order valence-corrected chi connectivity index (χ4v) is 4.95. The van der Waals surface area contributed by atoms with Crippen LogP contribution in [0.2, 0.25) is 0 Å². The number of nitrogens with two attached hydrogens (primary N) is 1. The summed E-state index contributed by atoms with van der Waals surface area (Å²) in [6.07, 6.45) is 0. The van der Waals surface area contributed by atoms with E-state index >= 15 is 0 Å². The number of nitrogens with zero attached hydrogens (tertiary/aromatic N) is 3. The highest BCUT2D eigenvalue weighted by molar-refractivity contribution is 8.00. The summed E-state index contributed by atoms with van der Waals surface area (Å²) >= 11 is 2.45. The van der Waals surface area contributed by atoms with Crippen LogP contribution in [0.3, 0.4) is 0 Å². The maximum absolute atomic E-state index is 12.9. The molecular formula is C18H21N5O7S2. The first-order valence-electron chi connectivity index (χ1n) is 9.39. The molecule has 1 fully saturated rings. The lowest BCUT2D eigenvalue weighted by Crippen LogP contribution is -2.71. The van der Waals surface area contributed by atoms with Crippen molar-refractivity contribution in [3.8, 4) is 0 Å². The molecule has 3 heterocycles. The van der Waals surface area contributed by atoms with E-state index in [0.29, 0.717) is 11.3 Å². The molecule has 2 atom stereocenters. The largest absolute Gasteiger partial charge is 0.461 e. The number of carbonyl (C=O) groups excluding carboxylic acids is 4. The fourth-order valence-electron chi connectivity index (χ4n) is 3.07. The fraction of sp³-hybridized carbons (Fsp3) is 0.444. The third-order valence-corrected chi connectivity index (χ3v) is 6.43. The molecule has 0 saturated carbocycles. The van der Waals surface area contributed by atoms with Crippen LogP contribution in [-0.4, -0.2) is 76.8 Å². The highest BCUT2D eigenvalue weighted by atomic mass is 32.2. The summed E-state index contributed by atoms with van der Waals surface area (Å²) in [6.45, 7) is 2.86. The molecule has 0 aliphatic carbocycles. The number of rotatable bonds is 8. The maximum Gasteiger partial charge on any atom is 0.355 e. The number of carbonyl (C=O) groups is 4. The number of nitrogen functional groups attached to an aromatic ring is 1. The highest BCUT2D eigenvalue weighted by Crippen LogP contribution is 2.40. The number of fused-ring (bicyclic) bond motifs is 1. The number of aromatic nitrogens is 1. The van der Waals surface area contributed by atoms with Crippen molar-refractivity contribution >= 4 is 57.7 Å². The number of oxime groups is 1. The SMILES string of the molecule is CCOC(=O)C1=C(COC(C)=O)CS[C@@H]2[C@H](NC(=O)/C(=N\OC)c3csc(N)n3)C(=O)N12. The van der Waals surface area contributed by atoms with Gasteiger partial charge in [-0.05, 0) is 6.92 Å². The van der Waals surface area contributed by atoms with Crippen LogP contribution in [0, 0.1) is 0 Å². The number of β-lactam (4-membered cyclic amide) rings is 1. The van der Waals surface area contributed by atoms with Crippen molar-refractivity contribution in [1.29, 1.82) is 0 Å². The molecule has 3 N–H and O–H groups in total. The molecule has 2 aliphatic heterocycles. The number of hydrogen-bond acceptors (Lipinski definition) is 12. The van der Waals surface area contributed by atoms with Crippen molar-refractivity contribution < 1.29 is 33.5 Å². The Morgan fingerprint density at radius 3 is 2.72 bits per heavy atom. The molecule has 1 aromatic rings. The minimum Gasteiger partial charge on any atom is -0.461 e. The molecule has 0 spiro atoms. The Labute approximate surface area is 191 Å². The van der Waals surface area contributed by atoms with Crippen LogP contribution >= 0.6 is 23.1 Å². The Morgan fingerprint density at radius 2 is 2.12 bits per heavy atom. The van der Waals surface area contributed by atoms with Crippen LogP contribution in [0.5, 0.6) is 0 Å². The molecule has 0 aromatic carbocycles. The number of nitrogens with one attached hydrogen (secondary N) is 1. The summed E-state index contributed by atoms with van der Waals surface area (Å²) in [5.41, 5.74) is 6.19. The van der Waals surface area contributed by atoms with E-state index in [1.165, 1.54) is 30.7 Å². The van der Waals surface area contributed by atoms with Crippen molar-refractivity contribution in [2.45, 2.75) is 25.3 Å². The molecule has 12 nitrogen and oxygen atoms in total. The van der Waals surface area contributed by atoms with Gasteiger partial charge in [0.15, 0.2) is 10.8 Å². The third kappa shape index (κ3) is 4.70. The van der Waals surface area contributed by atoms with Crippen molar-refractivity contribution in [1.82, 2.24) is 15.2 Å². The topological polar surface area (TPSA) is 163 Å². The van der Waals surface area contributed by atoms with Gasteiger partial charge in [0.2, 0.25) is 0 Å². The van der Waals surface area contributed by atoms with Gasteiger partial charge in [0, 0.05) is 23.6 Å². The lowest BCUT2D eigenvalue weighted by atomic mass is 10.0. The Bertz CT molecular complexity index is 1010. The normalized spacial score (nSPS) is 20.3. The Morgan fingerprint density at radius 1 is 1.38 bits per heavy atom. The smallest absolute Gasteiger partial charge is 0.355 e. The first-order valence-corrected chi connectivity index (χ1v) is 11.3. The summed E-state index contributed by atoms with van der Waals surface area (Å²) in [7, 11) is 1.28.